The topological polar surface area (TPSA) is 111 Å². The highest BCUT2D eigenvalue weighted by Crippen LogP contribution is 2.31. The SMILES string of the molecule is Cc1cc([C@@H]2CCCCN2Cc2nc(C(N)=O)no2)no1. The molecule has 1 aliphatic rings. The van der Waals surface area contributed by atoms with Crippen molar-refractivity contribution in [3.05, 3.63) is 29.2 Å². The Labute approximate surface area is 121 Å². The first-order valence-electron chi connectivity index (χ1n) is 6.93. The maximum Gasteiger partial charge on any atom is 0.290 e. The largest absolute Gasteiger partial charge is 0.363 e. The van der Waals surface area contributed by atoms with Crippen LogP contribution < -0.4 is 5.73 Å². The molecule has 0 spiro atoms. The van der Waals surface area contributed by atoms with Crippen molar-refractivity contribution < 1.29 is 13.8 Å². The van der Waals surface area contributed by atoms with Gasteiger partial charge in [-0.15, -0.1) is 0 Å². The van der Waals surface area contributed by atoms with Gasteiger partial charge in [0.25, 0.3) is 11.7 Å². The highest BCUT2D eigenvalue weighted by molar-refractivity contribution is 5.88. The van der Waals surface area contributed by atoms with E-state index in [9.17, 15) is 4.79 Å². The maximum atomic E-state index is 11.0. The highest BCUT2D eigenvalue weighted by atomic mass is 16.5. The normalized spacial score (nSPS) is 19.8. The number of piperidine rings is 1. The molecule has 3 heterocycles. The van der Waals surface area contributed by atoms with Gasteiger partial charge in [-0.05, 0) is 26.3 Å². The quantitative estimate of drug-likeness (QED) is 0.900. The molecule has 1 saturated heterocycles. The van der Waals surface area contributed by atoms with Crippen LogP contribution in [0.2, 0.25) is 0 Å². The zero-order chi connectivity index (χ0) is 14.8. The highest BCUT2D eigenvalue weighted by Gasteiger charge is 2.28. The Bertz CT molecular complexity index is 635. The molecule has 8 heteroatoms. The monoisotopic (exact) mass is 291 g/mol. The molecule has 0 bridgehead atoms. The zero-order valence-electron chi connectivity index (χ0n) is 11.8. The van der Waals surface area contributed by atoms with Gasteiger partial charge in [0.1, 0.15) is 11.5 Å². The fourth-order valence-corrected chi connectivity index (χ4v) is 2.65. The summed E-state index contributed by atoms with van der Waals surface area (Å²) in [6, 6.07) is 2.12. The third-order valence-corrected chi connectivity index (χ3v) is 3.63. The third-order valence-electron chi connectivity index (χ3n) is 3.63. The first kappa shape index (κ1) is 13.7. The Kier molecular flexibility index (Phi) is 3.70. The molecule has 2 aromatic rings. The second-order valence-corrected chi connectivity index (χ2v) is 5.22. The van der Waals surface area contributed by atoms with Gasteiger partial charge in [-0.2, -0.15) is 4.98 Å². The number of aromatic nitrogens is 3. The summed E-state index contributed by atoms with van der Waals surface area (Å²) >= 11 is 0. The summed E-state index contributed by atoms with van der Waals surface area (Å²) in [5, 5.41) is 7.67. The lowest BCUT2D eigenvalue weighted by atomic mass is 9.99. The number of carbonyl (C=O) groups is 1. The Morgan fingerprint density at radius 1 is 1.43 bits per heavy atom. The van der Waals surface area contributed by atoms with Crippen LogP contribution >= 0.6 is 0 Å². The van der Waals surface area contributed by atoms with Crippen LogP contribution in [0.1, 0.15) is 53.3 Å². The summed E-state index contributed by atoms with van der Waals surface area (Å²) in [5.41, 5.74) is 6.04. The van der Waals surface area contributed by atoms with Gasteiger partial charge < -0.3 is 14.8 Å². The minimum absolute atomic E-state index is 0.0872. The van der Waals surface area contributed by atoms with E-state index in [2.05, 4.69) is 20.2 Å². The van der Waals surface area contributed by atoms with E-state index < -0.39 is 5.91 Å². The molecule has 0 aromatic carbocycles. The zero-order valence-corrected chi connectivity index (χ0v) is 11.8. The fourth-order valence-electron chi connectivity index (χ4n) is 2.65. The van der Waals surface area contributed by atoms with E-state index in [1.807, 2.05) is 13.0 Å². The van der Waals surface area contributed by atoms with E-state index in [1.165, 1.54) is 0 Å². The van der Waals surface area contributed by atoms with Crippen molar-refractivity contribution in [2.75, 3.05) is 6.54 Å². The molecule has 21 heavy (non-hydrogen) atoms. The van der Waals surface area contributed by atoms with E-state index in [0.29, 0.717) is 12.4 Å². The number of aryl methyl sites for hydroxylation is 1. The average Bonchev–Trinajstić information content (AvgIpc) is 3.09. The van der Waals surface area contributed by atoms with Crippen LogP contribution in [0.25, 0.3) is 0 Å². The first-order valence-corrected chi connectivity index (χ1v) is 6.93. The van der Waals surface area contributed by atoms with Crippen LogP contribution in [0.3, 0.4) is 0 Å². The third kappa shape index (κ3) is 2.94. The molecular formula is C13H17N5O3. The number of rotatable bonds is 4. The number of nitrogens with two attached hydrogens (primary N) is 1. The number of hydrogen-bond donors (Lipinski definition) is 1. The maximum absolute atomic E-state index is 11.0. The van der Waals surface area contributed by atoms with Gasteiger partial charge in [0, 0.05) is 6.07 Å². The Morgan fingerprint density at radius 2 is 2.29 bits per heavy atom. The predicted octanol–water partition coefficient (Wildman–Crippen LogP) is 1.19. The second-order valence-electron chi connectivity index (χ2n) is 5.22. The van der Waals surface area contributed by atoms with Crippen molar-refractivity contribution in [3.8, 4) is 0 Å². The summed E-state index contributed by atoms with van der Waals surface area (Å²) in [5.74, 6) is 0.406. The van der Waals surface area contributed by atoms with Crippen molar-refractivity contribution in [3.63, 3.8) is 0 Å². The summed E-state index contributed by atoms with van der Waals surface area (Å²) in [6.45, 7) is 3.25. The van der Waals surface area contributed by atoms with Crippen LogP contribution in [0.4, 0.5) is 0 Å². The van der Waals surface area contributed by atoms with E-state index >= 15 is 0 Å². The molecular weight excluding hydrogens is 274 g/mol. The van der Waals surface area contributed by atoms with Crippen LogP contribution in [0, 0.1) is 6.92 Å². The lowest BCUT2D eigenvalue weighted by Crippen LogP contribution is -2.33. The number of primary amides is 1. The molecule has 3 rings (SSSR count). The van der Waals surface area contributed by atoms with E-state index in [-0.39, 0.29) is 11.9 Å². The fraction of sp³-hybridized carbons (Fsp3) is 0.538. The number of likely N-dealkylation sites (tertiary alicyclic amines) is 1. The van der Waals surface area contributed by atoms with Crippen LogP contribution in [-0.4, -0.2) is 32.6 Å². The summed E-state index contributed by atoms with van der Waals surface area (Å²) < 4.78 is 10.2. The Balaban J connectivity index is 1.76. The molecule has 1 aliphatic heterocycles. The molecule has 1 amide bonds. The number of nitrogens with zero attached hydrogens (tertiary/aromatic N) is 4. The molecule has 0 saturated carbocycles. The molecule has 2 aromatic heterocycles. The van der Waals surface area contributed by atoms with Crippen molar-refractivity contribution in [1.29, 1.82) is 0 Å². The number of carbonyl (C=O) groups excluding carboxylic acids is 1. The van der Waals surface area contributed by atoms with Crippen LogP contribution in [0.15, 0.2) is 15.1 Å². The number of hydrogen-bond acceptors (Lipinski definition) is 7. The average molecular weight is 291 g/mol. The van der Waals surface area contributed by atoms with E-state index in [1.54, 1.807) is 0 Å². The first-order chi connectivity index (χ1) is 10.1. The number of amides is 1. The Hall–Kier alpha value is -2.22. The van der Waals surface area contributed by atoms with Crippen LogP contribution in [-0.2, 0) is 6.54 Å². The van der Waals surface area contributed by atoms with Gasteiger partial charge in [-0.1, -0.05) is 16.7 Å². The van der Waals surface area contributed by atoms with Crippen molar-refractivity contribution in [2.45, 2.75) is 38.8 Å². The molecule has 2 N–H and O–H groups in total. The summed E-state index contributed by atoms with van der Waals surface area (Å²) in [4.78, 5) is 17.2. The van der Waals surface area contributed by atoms with Gasteiger partial charge in [0.2, 0.25) is 5.89 Å². The Morgan fingerprint density at radius 3 is 2.95 bits per heavy atom. The lowest BCUT2D eigenvalue weighted by molar-refractivity contribution is 0.0987. The van der Waals surface area contributed by atoms with Crippen molar-refractivity contribution >= 4 is 5.91 Å². The predicted molar refractivity (Wildman–Crippen MR) is 71.1 cm³/mol. The van der Waals surface area contributed by atoms with E-state index in [0.717, 1.165) is 37.3 Å². The van der Waals surface area contributed by atoms with Crippen molar-refractivity contribution in [2.24, 2.45) is 5.73 Å². The van der Waals surface area contributed by atoms with Gasteiger partial charge in [0.15, 0.2) is 0 Å². The molecule has 1 fully saturated rings. The molecule has 8 nitrogen and oxygen atoms in total. The summed E-state index contributed by atoms with van der Waals surface area (Å²) in [7, 11) is 0. The smallest absolute Gasteiger partial charge is 0.290 e. The van der Waals surface area contributed by atoms with Crippen molar-refractivity contribution in [1.82, 2.24) is 20.2 Å². The summed E-state index contributed by atoms with van der Waals surface area (Å²) in [6.07, 6.45) is 3.25. The molecule has 0 radical (unpaired) electrons. The van der Waals surface area contributed by atoms with Gasteiger partial charge >= 0.3 is 0 Å². The molecule has 0 aliphatic carbocycles. The minimum Gasteiger partial charge on any atom is -0.363 e. The second kappa shape index (κ2) is 5.65. The van der Waals surface area contributed by atoms with Gasteiger partial charge in [-0.3, -0.25) is 9.69 Å². The standard InChI is InChI=1S/C13H17N5O3/c1-8-6-9(16-20-8)10-4-2-3-5-18(10)7-11-15-13(12(14)19)17-21-11/h6,10H,2-5,7H2,1H3,(H2,14,19)/t10-/m0/s1. The van der Waals surface area contributed by atoms with Gasteiger partial charge in [0.05, 0.1) is 12.6 Å². The lowest BCUT2D eigenvalue weighted by Gasteiger charge is -2.33. The minimum atomic E-state index is -0.688. The van der Waals surface area contributed by atoms with Gasteiger partial charge in [-0.25, -0.2) is 0 Å². The molecule has 1 atom stereocenters. The molecule has 0 unspecified atom stereocenters. The van der Waals surface area contributed by atoms with E-state index in [4.69, 9.17) is 14.8 Å². The van der Waals surface area contributed by atoms with Crippen LogP contribution in [0.5, 0.6) is 0 Å². The molecule has 112 valence electrons.